The van der Waals surface area contributed by atoms with Gasteiger partial charge in [-0.3, -0.25) is 4.79 Å². The van der Waals surface area contributed by atoms with Crippen molar-refractivity contribution in [1.82, 2.24) is 6.15 Å². The van der Waals surface area contributed by atoms with Crippen LogP contribution in [0.2, 0.25) is 0 Å². The third-order valence-corrected chi connectivity index (χ3v) is 0.986. The van der Waals surface area contributed by atoms with Crippen LogP contribution in [0.3, 0.4) is 0 Å². The van der Waals surface area contributed by atoms with Gasteiger partial charge in [0.25, 0.3) is 0 Å². The highest BCUT2D eigenvalue weighted by atomic mass is 16.3. The van der Waals surface area contributed by atoms with Gasteiger partial charge in [0.2, 0.25) is 0 Å². The topological polar surface area (TPSA) is 72.3 Å². The minimum atomic E-state index is -0.292. The van der Waals surface area contributed by atoms with E-state index in [1.54, 1.807) is 0 Å². The molecule has 0 spiro atoms. The molecule has 0 aromatic rings. The van der Waals surface area contributed by atoms with E-state index in [4.69, 9.17) is 5.11 Å². The third kappa shape index (κ3) is 7.59. The molecule has 56 valence electrons. The molecule has 0 aromatic carbocycles. The van der Waals surface area contributed by atoms with Crippen LogP contribution < -0.4 is 6.15 Å². The van der Waals surface area contributed by atoms with Crippen LogP contribution in [0.1, 0.15) is 26.2 Å². The first-order chi connectivity index (χ1) is 3.81. The van der Waals surface area contributed by atoms with Gasteiger partial charge in [0.05, 0.1) is 0 Å². The first-order valence-corrected chi connectivity index (χ1v) is 2.93. The van der Waals surface area contributed by atoms with Gasteiger partial charge in [0.15, 0.2) is 5.78 Å². The lowest BCUT2D eigenvalue weighted by Gasteiger charge is -1.90. The van der Waals surface area contributed by atoms with E-state index in [2.05, 4.69) is 0 Å². The zero-order chi connectivity index (χ0) is 6.41. The predicted molar refractivity (Wildman–Crippen MR) is 36.6 cm³/mol. The zero-order valence-corrected chi connectivity index (χ0v) is 5.89. The van der Waals surface area contributed by atoms with Gasteiger partial charge < -0.3 is 11.3 Å². The van der Waals surface area contributed by atoms with E-state index in [0.717, 1.165) is 12.8 Å². The molecule has 0 unspecified atom stereocenters. The Bertz CT molecular complexity index is 73.5. The third-order valence-electron chi connectivity index (χ3n) is 0.986. The highest BCUT2D eigenvalue weighted by Crippen LogP contribution is 1.93. The molecule has 4 N–H and O–H groups in total. The maximum Gasteiger partial charge on any atom is 0.158 e. The van der Waals surface area contributed by atoms with Crippen molar-refractivity contribution in [2.75, 3.05) is 6.61 Å². The molecular weight excluding hydrogens is 118 g/mol. The van der Waals surface area contributed by atoms with E-state index in [1.807, 2.05) is 6.92 Å². The van der Waals surface area contributed by atoms with Crippen LogP contribution in [0.25, 0.3) is 0 Å². The maximum atomic E-state index is 10.3. The standard InChI is InChI=1S/C6H12O2.H3N/c1-2-3-4-6(8)5-7;/h7H,2-5H2,1H3;1H3. The molecule has 3 heteroatoms. The molecule has 0 radical (unpaired) electrons. The SMILES string of the molecule is CCCCC(=O)CO.N. The van der Waals surface area contributed by atoms with Gasteiger partial charge in [-0.05, 0) is 6.42 Å². The number of unbranched alkanes of at least 4 members (excludes halogenated alkanes) is 1. The molecular formula is C6H15NO2. The van der Waals surface area contributed by atoms with Crippen molar-refractivity contribution < 1.29 is 9.90 Å². The Hall–Kier alpha value is -0.410. The summed E-state index contributed by atoms with van der Waals surface area (Å²) in [4.78, 5) is 10.3. The molecule has 0 saturated heterocycles. The van der Waals surface area contributed by atoms with Crippen molar-refractivity contribution >= 4 is 5.78 Å². The van der Waals surface area contributed by atoms with E-state index in [1.165, 1.54) is 0 Å². The smallest absolute Gasteiger partial charge is 0.158 e. The average Bonchev–Trinajstić information content (AvgIpc) is 1.83. The molecule has 0 heterocycles. The molecule has 0 aliphatic rings. The minimum absolute atomic E-state index is 0. The van der Waals surface area contributed by atoms with Crippen molar-refractivity contribution in [2.24, 2.45) is 0 Å². The van der Waals surface area contributed by atoms with E-state index < -0.39 is 0 Å². The number of rotatable bonds is 4. The minimum Gasteiger partial charge on any atom is -0.389 e. The summed E-state index contributed by atoms with van der Waals surface area (Å²) >= 11 is 0. The molecule has 9 heavy (non-hydrogen) atoms. The van der Waals surface area contributed by atoms with Crippen molar-refractivity contribution in [3.05, 3.63) is 0 Å². The van der Waals surface area contributed by atoms with Crippen LogP contribution in [0.5, 0.6) is 0 Å². The van der Waals surface area contributed by atoms with Gasteiger partial charge in [-0.25, -0.2) is 0 Å². The predicted octanol–water partition coefficient (Wildman–Crippen LogP) is 0.900. The molecule has 0 amide bonds. The second-order valence-corrected chi connectivity index (χ2v) is 1.80. The van der Waals surface area contributed by atoms with Gasteiger partial charge >= 0.3 is 0 Å². The Balaban J connectivity index is 0. The molecule has 0 saturated carbocycles. The summed E-state index contributed by atoms with van der Waals surface area (Å²) in [6.45, 7) is 1.73. The fourth-order valence-corrected chi connectivity index (χ4v) is 0.453. The number of hydrogen-bond acceptors (Lipinski definition) is 3. The van der Waals surface area contributed by atoms with Gasteiger partial charge in [-0.1, -0.05) is 13.3 Å². The Morgan fingerprint density at radius 3 is 2.44 bits per heavy atom. The summed E-state index contributed by atoms with van der Waals surface area (Å²) in [6.07, 6.45) is 2.46. The van der Waals surface area contributed by atoms with Crippen LogP contribution in [0, 0.1) is 0 Å². The number of Topliss-reactive ketones (excluding diaryl/α,β-unsaturated/α-hetero) is 1. The van der Waals surface area contributed by atoms with Crippen molar-refractivity contribution in [2.45, 2.75) is 26.2 Å². The highest BCUT2D eigenvalue weighted by Gasteiger charge is 1.94. The maximum absolute atomic E-state index is 10.3. The van der Waals surface area contributed by atoms with Crippen LogP contribution in [-0.2, 0) is 4.79 Å². The van der Waals surface area contributed by atoms with E-state index in [0.29, 0.717) is 6.42 Å². The van der Waals surface area contributed by atoms with E-state index >= 15 is 0 Å². The Labute approximate surface area is 55.7 Å². The van der Waals surface area contributed by atoms with Gasteiger partial charge in [0.1, 0.15) is 6.61 Å². The normalized spacial score (nSPS) is 8.22. The Morgan fingerprint density at radius 2 is 2.11 bits per heavy atom. The molecule has 0 aliphatic heterocycles. The molecule has 0 atom stereocenters. The van der Waals surface area contributed by atoms with Crippen molar-refractivity contribution in [1.29, 1.82) is 0 Å². The Kier molecular flexibility index (Phi) is 9.61. The molecule has 3 nitrogen and oxygen atoms in total. The molecule has 0 bridgehead atoms. The summed E-state index contributed by atoms with van der Waals surface area (Å²) in [5.41, 5.74) is 0. The average molecular weight is 133 g/mol. The molecule has 0 aromatic heterocycles. The van der Waals surface area contributed by atoms with E-state index in [9.17, 15) is 4.79 Å². The summed E-state index contributed by atoms with van der Waals surface area (Å²) in [5.74, 6) is -0.0492. The Morgan fingerprint density at radius 1 is 1.56 bits per heavy atom. The van der Waals surface area contributed by atoms with Gasteiger partial charge in [0, 0.05) is 6.42 Å². The summed E-state index contributed by atoms with van der Waals surface area (Å²) in [5, 5.41) is 8.21. The van der Waals surface area contributed by atoms with Crippen LogP contribution in [0.15, 0.2) is 0 Å². The van der Waals surface area contributed by atoms with E-state index in [-0.39, 0.29) is 18.5 Å². The van der Waals surface area contributed by atoms with Crippen LogP contribution >= 0.6 is 0 Å². The lowest BCUT2D eigenvalue weighted by Crippen LogP contribution is -2.01. The van der Waals surface area contributed by atoms with Crippen molar-refractivity contribution in [3.63, 3.8) is 0 Å². The number of hydrogen-bond donors (Lipinski definition) is 2. The number of carbonyl (C=O) groups excluding carboxylic acids is 1. The van der Waals surface area contributed by atoms with Crippen LogP contribution in [-0.4, -0.2) is 17.5 Å². The van der Waals surface area contributed by atoms with Gasteiger partial charge in [-0.2, -0.15) is 0 Å². The lowest BCUT2D eigenvalue weighted by atomic mass is 10.2. The second-order valence-electron chi connectivity index (χ2n) is 1.80. The largest absolute Gasteiger partial charge is 0.389 e. The summed E-state index contributed by atoms with van der Waals surface area (Å²) in [7, 11) is 0. The molecule has 0 rings (SSSR count). The summed E-state index contributed by atoms with van der Waals surface area (Å²) in [6, 6.07) is 0. The summed E-state index contributed by atoms with van der Waals surface area (Å²) < 4.78 is 0. The van der Waals surface area contributed by atoms with Crippen LogP contribution in [0.4, 0.5) is 0 Å². The monoisotopic (exact) mass is 133 g/mol. The number of aliphatic hydroxyl groups excluding tert-OH is 1. The number of aliphatic hydroxyl groups is 1. The first kappa shape index (κ1) is 11.4. The number of ketones is 1. The van der Waals surface area contributed by atoms with Crippen molar-refractivity contribution in [3.8, 4) is 0 Å². The number of carbonyl (C=O) groups is 1. The second kappa shape index (κ2) is 7.59. The first-order valence-electron chi connectivity index (χ1n) is 2.93. The quantitative estimate of drug-likeness (QED) is 0.598. The molecule has 0 fully saturated rings. The molecule has 0 aliphatic carbocycles. The highest BCUT2D eigenvalue weighted by molar-refractivity contribution is 5.79. The lowest BCUT2D eigenvalue weighted by molar-refractivity contribution is -0.121. The van der Waals surface area contributed by atoms with Gasteiger partial charge in [-0.15, -0.1) is 0 Å². The fourth-order valence-electron chi connectivity index (χ4n) is 0.453. The zero-order valence-electron chi connectivity index (χ0n) is 5.89. The fraction of sp³-hybridized carbons (Fsp3) is 0.833.